The summed E-state index contributed by atoms with van der Waals surface area (Å²) in [6.45, 7) is 2.01. The van der Waals surface area contributed by atoms with Gasteiger partial charge in [0.05, 0.1) is 0 Å². The summed E-state index contributed by atoms with van der Waals surface area (Å²) in [5.74, 6) is 0. The second-order valence-corrected chi connectivity index (χ2v) is 7.05. The Kier molecular flexibility index (Phi) is 4.31. The Labute approximate surface area is 126 Å². The van der Waals surface area contributed by atoms with Crippen LogP contribution >= 0.6 is 54.8 Å². The minimum absolute atomic E-state index is 0.620. The lowest BCUT2D eigenvalue weighted by Gasteiger charge is -2.11. The van der Waals surface area contributed by atoms with Crippen molar-refractivity contribution < 1.29 is 5.11 Å². The Morgan fingerprint density at radius 3 is 2.53 bits per heavy atom. The Morgan fingerprint density at radius 2 is 1.94 bits per heavy atom. The Bertz CT molecular complexity index is 534. The highest BCUT2D eigenvalue weighted by Crippen LogP contribution is 2.36. The molecule has 0 fully saturated rings. The second kappa shape index (κ2) is 5.41. The van der Waals surface area contributed by atoms with Gasteiger partial charge in [0, 0.05) is 29.3 Å². The van der Waals surface area contributed by atoms with Gasteiger partial charge in [-0.05, 0) is 47.1 Å². The van der Waals surface area contributed by atoms with E-state index in [9.17, 15) is 5.11 Å². The van der Waals surface area contributed by atoms with E-state index in [1.54, 1.807) is 23.5 Å². The van der Waals surface area contributed by atoms with E-state index in [1.165, 1.54) is 0 Å². The van der Waals surface area contributed by atoms with E-state index in [0.29, 0.717) is 5.02 Å². The summed E-state index contributed by atoms with van der Waals surface area (Å²) in [5, 5.41) is 11.0. The van der Waals surface area contributed by atoms with Crippen LogP contribution in [0, 0.1) is 6.92 Å². The number of hydrogen-bond donors (Lipinski definition) is 1. The summed E-state index contributed by atoms with van der Waals surface area (Å²) in [5.41, 5.74) is 0.784. The molecule has 0 aliphatic rings. The fourth-order valence-electron chi connectivity index (χ4n) is 1.49. The van der Waals surface area contributed by atoms with E-state index in [1.807, 2.05) is 19.1 Å². The molecule has 0 amide bonds. The third-order valence-corrected chi connectivity index (χ3v) is 5.54. The van der Waals surface area contributed by atoms with Gasteiger partial charge in [-0.25, -0.2) is 0 Å². The van der Waals surface area contributed by atoms with Crippen molar-refractivity contribution in [1.82, 2.24) is 0 Å². The first-order valence-electron chi connectivity index (χ1n) is 4.88. The molecule has 0 radical (unpaired) electrons. The molecular formula is C12H9Br2ClOS. The van der Waals surface area contributed by atoms with Gasteiger partial charge < -0.3 is 5.11 Å². The first kappa shape index (κ1) is 13.6. The summed E-state index contributed by atoms with van der Waals surface area (Å²) in [6, 6.07) is 7.35. The highest BCUT2D eigenvalue weighted by atomic mass is 79.9. The van der Waals surface area contributed by atoms with E-state index < -0.39 is 6.10 Å². The molecular weight excluding hydrogens is 387 g/mol. The minimum Gasteiger partial charge on any atom is -0.383 e. The van der Waals surface area contributed by atoms with Gasteiger partial charge in [-0.1, -0.05) is 27.5 Å². The number of aliphatic hydroxyl groups excluding tert-OH is 1. The van der Waals surface area contributed by atoms with Gasteiger partial charge in [0.1, 0.15) is 6.10 Å². The number of halogens is 3. The molecule has 1 atom stereocenters. The van der Waals surface area contributed by atoms with Crippen molar-refractivity contribution in [2.24, 2.45) is 0 Å². The molecule has 1 heterocycles. The molecule has 0 bridgehead atoms. The number of hydrogen-bond acceptors (Lipinski definition) is 2. The monoisotopic (exact) mass is 394 g/mol. The molecule has 0 saturated carbocycles. The van der Waals surface area contributed by atoms with Crippen molar-refractivity contribution in [3.05, 3.63) is 53.6 Å². The summed E-state index contributed by atoms with van der Waals surface area (Å²) >= 11 is 14.4. The fraction of sp³-hybridized carbons (Fsp3) is 0.167. The number of aliphatic hydroxyl groups is 1. The van der Waals surface area contributed by atoms with E-state index in [2.05, 4.69) is 31.9 Å². The molecule has 1 aromatic carbocycles. The standard InChI is InChI=1S/C12H9Br2ClOS/c1-6-10(14)5-11(17-6)12(16)8-4-7(15)2-3-9(8)13/h2-5,12,16H,1H3. The molecule has 0 aliphatic carbocycles. The lowest BCUT2D eigenvalue weighted by molar-refractivity contribution is 0.223. The average Bonchev–Trinajstić information content (AvgIpc) is 2.62. The Balaban J connectivity index is 2.42. The lowest BCUT2D eigenvalue weighted by Crippen LogP contribution is -1.98. The van der Waals surface area contributed by atoms with Crippen LogP contribution in [0.15, 0.2) is 33.2 Å². The van der Waals surface area contributed by atoms with Crippen molar-refractivity contribution in [2.75, 3.05) is 0 Å². The van der Waals surface area contributed by atoms with Crippen LogP contribution in [0.4, 0.5) is 0 Å². The third kappa shape index (κ3) is 2.93. The number of benzene rings is 1. The van der Waals surface area contributed by atoms with Crippen LogP contribution in [-0.4, -0.2) is 5.11 Å². The molecule has 1 N–H and O–H groups in total. The molecule has 5 heteroatoms. The maximum atomic E-state index is 10.3. The predicted molar refractivity (Wildman–Crippen MR) is 80.0 cm³/mol. The number of rotatable bonds is 2. The normalized spacial score (nSPS) is 12.8. The zero-order chi connectivity index (χ0) is 12.6. The molecule has 0 spiro atoms. The van der Waals surface area contributed by atoms with Crippen LogP contribution in [-0.2, 0) is 0 Å². The van der Waals surface area contributed by atoms with Crippen molar-refractivity contribution in [2.45, 2.75) is 13.0 Å². The lowest BCUT2D eigenvalue weighted by atomic mass is 10.1. The molecule has 90 valence electrons. The van der Waals surface area contributed by atoms with Crippen molar-refractivity contribution in [3.8, 4) is 0 Å². The molecule has 1 aromatic heterocycles. The first-order chi connectivity index (χ1) is 7.99. The summed E-state index contributed by atoms with van der Waals surface area (Å²) in [6.07, 6.45) is -0.655. The van der Waals surface area contributed by atoms with Crippen LogP contribution in [0.25, 0.3) is 0 Å². The summed E-state index contributed by atoms with van der Waals surface area (Å²) < 4.78 is 1.88. The van der Waals surface area contributed by atoms with Crippen molar-refractivity contribution in [1.29, 1.82) is 0 Å². The van der Waals surface area contributed by atoms with Crippen LogP contribution in [0.2, 0.25) is 5.02 Å². The van der Waals surface area contributed by atoms with Gasteiger partial charge in [0.15, 0.2) is 0 Å². The number of thiophene rings is 1. The SMILES string of the molecule is Cc1sc(C(O)c2cc(Cl)ccc2Br)cc1Br. The quantitative estimate of drug-likeness (QED) is 0.729. The minimum atomic E-state index is -0.655. The van der Waals surface area contributed by atoms with Crippen molar-refractivity contribution in [3.63, 3.8) is 0 Å². The third-order valence-electron chi connectivity index (χ3n) is 2.40. The zero-order valence-corrected chi connectivity index (χ0v) is 13.6. The maximum absolute atomic E-state index is 10.3. The van der Waals surface area contributed by atoms with Gasteiger partial charge in [0.2, 0.25) is 0 Å². The summed E-state index contributed by atoms with van der Waals surface area (Å²) in [7, 11) is 0. The Hall–Kier alpha value is 0.130. The zero-order valence-electron chi connectivity index (χ0n) is 8.88. The predicted octanol–water partition coefficient (Wildman–Crippen LogP) is 5.32. The van der Waals surface area contributed by atoms with Gasteiger partial charge in [-0.3, -0.25) is 0 Å². The van der Waals surface area contributed by atoms with Crippen molar-refractivity contribution >= 4 is 54.8 Å². The van der Waals surface area contributed by atoms with Crippen LogP contribution in [0.5, 0.6) is 0 Å². The average molecular weight is 397 g/mol. The first-order valence-corrected chi connectivity index (χ1v) is 7.66. The van der Waals surface area contributed by atoms with Gasteiger partial charge >= 0.3 is 0 Å². The molecule has 0 saturated heterocycles. The molecule has 17 heavy (non-hydrogen) atoms. The molecule has 1 unspecified atom stereocenters. The van der Waals surface area contributed by atoms with Gasteiger partial charge in [-0.15, -0.1) is 11.3 Å². The molecule has 0 aliphatic heterocycles. The van der Waals surface area contributed by atoms with Gasteiger partial charge in [-0.2, -0.15) is 0 Å². The largest absolute Gasteiger partial charge is 0.383 e. The topological polar surface area (TPSA) is 20.2 Å². The number of aryl methyl sites for hydroxylation is 1. The molecule has 2 aromatic rings. The smallest absolute Gasteiger partial charge is 0.114 e. The molecule has 1 nitrogen and oxygen atoms in total. The van der Waals surface area contributed by atoms with Gasteiger partial charge in [0.25, 0.3) is 0 Å². The second-order valence-electron chi connectivity index (χ2n) is 3.62. The highest BCUT2D eigenvalue weighted by molar-refractivity contribution is 9.10. The fourth-order valence-corrected chi connectivity index (χ4v) is 3.70. The Morgan fingerprint density at radius 1 is 1.24 bits per heavy atom. The maximum Gasteiger partial charge on any atom is 0.114 e. The van der Waals surface area contributed by atoms with E-state index >= 15 is 0 Å². The molecule has 2 rings (SSSR count). The summed E-state index contributed by atoms with van der Waals surface area (Å²) in [4.78, 5) is 2.05. The van der Waals surface area contributed by atoms with Crippen LogP contribution < -0.4 is 0 Å². The van der Waals surface area contributed by atoms with E-state index in [-0.39, 0.29) is 0 Å². The van der Waals surface area contributed by atoms with E-state index in [4.69, 9.17) is 11.6 Å². The van der Waals surface area contributed by atoms with Crippen LogP contribution in [0.3, 0.4) is 0 Å². The highest BCUT2D eigenvalue weighted by Gasteiger charge is 2.17. The van der Waals surface area contributed by atoms with Crippen LogP contribution in [0.1, 0.15) is 21.4 Å². The van der Waals surface area contributed by atoms with E-state index in [0.717, 1.165) is 24.3 Å².